The van der Waals surface area contributed by atoms with Gasteiger partial charge in [0.15, 0.2) is 0 Å². The van der Waals surface area contributed by atoms with E-state index in [9.17, 15) is 9.59 Å². The second-order valence-corrected chi connectivity index (χ2v) is 4.45. The number of nitrogens with one attached hydrogen (secondary N) is 1. The molecule has 0 bridgehead atoms. The SMILES string of the molecule is COc1ccccc1Cn1c(=O)[nH]c(Cl)c(C)c1=O. The minimum absolute atomic E-state index is 0.0753. The molecule has 6 heteroatoms. The highest BCUT2D eigenvalue weighted by molar-refractivity contribution is 6.30. The Morgan fingerprint density at radius 3 is 2.68 bits per heavy atom. The number of halogens is 1. The number of hydrogen-bond acceptors (Lipinski definition) is 3. The predicted molar refractivity (Wildman–Crippen MR) is 73.2 cm³/mol. The van der Waals surface area contributed by atoms with E-state index in [0.29, 0.717) is 11.3 Å². The van der Waals surface area contributed by atoms with Gasteiger partial charge >= 0.3 is 5.69 Å². The number of methoxy groups -OCH3 is 1. The van der Waals surface area contributed by atoms with Crippen LogP contribution in [0.25, 0.3) is 0 Å². The van der Waals surface area contributed by atoms with Crippen LogP contribution in [0.4, 0.5) is 0 Å². The summed E-state index contributed by atoms with van der Waals surface area (Å²) in [6.07, 6.45) is 0. The van der Waals surface area contributed by atoms with Crippen molar-refractivity contribution >= 4 is 11.6 Å². The molecule has 1 aromatic heterocycles. The predicted octanol–water partition coefficient (Wildman–Crippen LogP) is 1.56. The number of nitrogens with zero attached hydrogens (tertiary/aromatic N) is 1. The smallest absolute Gasteiger partial charge is 0.329 e. The summed E-state index contributed by atoms with van der Waals surface area (Å²) < 4.78 is 6.29. The second-order valence-electron chi connectivity index (χ2n) is 4.07. The fourth-order valence-electron chi connectivity index (χ4n) is 1.79. The van der Waals surface area contributed by atoms with E-state index >= 15 is 0 Å². The molecule has 0 aliphatic carbocycles. The quantitative estimate of drug-likeness (QED) is 0.868. The van der Waals surface area contributed by atoms with Crippen LogP contribution in [-0.4, -0.2) is 16.7 Å². The van der Waals surface area contributed by atoms with Gasteiger partial charge in [-0.25, -0.2) is 4.79 Å². The summed E-state index contributed by atoms with van der Waals surface area (Å²) in [6, 6.07) is 7.22. The number of H-pyrrole nitrogens is 1. The highest BCUT2D eigenvalue weighted by atomic mass is 35.5. The first-order valence-electron chi connectivity index (χ1n) is 5.65. The van der Waals surface area contributed by atoms with E-state index in [2.05, 4.69) is 4.98 Å². The van der Waals surface area contributed by atoms with Gasteiger partial charge in [-0.2, -0.15) is 0 Å². The van der Waals surface area contributed by atoms with Gasteiger partial charge in [-0.15, -0.1) is 0 Å². The Bertz CT molecular complexity index is 719. The van der Waals surface area contributed by atoms with Gasteiger partial charge in [0.05, 0.1) is 13.7 Å². The zero-order valence-electron chi connectivity index (χ0n) is 10.6. The van der Waals surface area contributed by atoms with Crippen molar-refractivity contribution in [3.05, 3.63) is 61.4 Å². The number of hydrogen-bond donors (Lipinski definition) is 1. The van der Waals surface area contributed by atoms with Gasteiger partial charge in [-0.05, 0) is 13.0 Å². The van der Waals surface area contributed by atoms with E-state index in [1.807, 2.05) is 12.1 Å². The molecule has 0 atom stereocenters. The topological polar surface area (TPSA) is 64.1 Å². The Labute approximate surface area is 114 Å². The Morgan fingerprint density at radius 2 is 2.00 bits per heavy atom. The van der Waals surface area contributed by atoms with Gasteiger partial charge in [0.1, 0.15) is 10.9 Å². The third-order valence-corrected chi connectivity index (χ3v) is 3.26. The summed E-state index contributed by atoms with van der Waals surface area (Å²) >= 11 is 5.76. The number of aromatic nitrogens is 2. The molecule has 100 valence electrons. The van der Waals surface area contributed by atoms with Crippen molar-refractivity contribution in [2.75, 3.05) is 7.11 Å². The monoisotopic (exact) mass is 280 g/mol. The van der Waals surface area contributed by atoms with Gasteiger partial charge in [0, 0.05) is 11.1 Å². The van der Waals surface area contributed by atoms with E-state index in [1.54, 1.807) is 26.2 Å². The van der Waals surface area contributed by atoms with Crippen LogP contribution in [0.5, 0.6) is 5.75 Å². The fourth-order valence-corrected chi connectivity index (χ4v) is 1.95. The molecule has 0 radical (unpaired) electrons. The zero-order chi connectivity index (χ0) is 14.0. The maximum Gasteiger partial charge on any atom is 0.329 e. The molecular weight excluding hydrogens is 268 g/mol. The van der Waals surface area contributed by atoms with E-state index in [1.165, 1.54) is 0 Å². The van der Waals surface area contributed by atoms with Gasteiger partial charge in [0.2, 0.25) is 0 Å². The number of benzene rings is 1. The normalized spacial score (nSPS) is 10.5. The van der Waals surface area contributed by atoms with Crippen molar-refractivity contribution in [3.8, 4) is 5.75 Å². The standard InChI is InChI=1S/C13H13ClN2O3/c1-8-11(14)15-13(18)16(12(8)17)7-9-5-3-4-6-10(9)19-2/h3-6H,7H2,1-2H3,(H,15,18). The maximum atomic E-state index is 12.0. The molecule has 0 spiro atoms. The van der Waals surface area contributed by atoms with Gasteiger partial charge in [0.25, 0.3) is 5.56 Å². The van der Waals surface area contributed by atoms with Crippen molar-refractivity contribution < 1.29 is 4.74 Å². The molecule has 0 saturated heterocycles. The number of aromatic amines is 1. The molecule has 0 aliphatic heterocycles. The third-order valence-electron chi connectivity index (χ3n) is 2.88. The van der Waals surface area contributed by atoms with Crippen LogP contribution < -0.4 is 16.0 Å². The number of para-hydroxylation sites is 1. The first kappa shape index (κ1) is 13.4. The van der Waals surface area contributed by atoms with Gasteiger partial charge in [-0.3, -0.25) is 14.3 Å². The lowest BCUT2D eigenvalue weighted by molar-refractivity contribution is 0.407. The van der Waals surface area contributed by atoms with Crippen molar-refractivity contribution in [1.82, 2.24) is 9.55 Å². The van der Waals surface area contributed by atoms with Crippen LogP contribution in [0.2, 0.25) is 5.15 Å². The summed E-state index contributed by atoms with van der Waals surface area (Å²) in [5.74, 6) is 0.626. The molecule has 2 rings (SSSR count). The Kier molecular flexibility index (Phi) is 3.76. The largest absolute Gasteiger partial charge is 0.496 e. The second kappa shape index (κ2) is 5.32. The lowest BCUT2D eigenvalue weighted by Gasteiger charge is -2.10. The number of ether oxygens (including phenoxy) is 1. The summed E-state index contributed by atoms with van der Waals surface area (Å²) in [6.45, 7) is 1.70. The van der Waals surface area contributed by atoms with Crippen molar-refractivity contribution in [2.45, 2.75) is 13.5 Å². The molecule has 1 heterocycles. The zero-order valence-corrected chi connectivity index (χ0v) is 11.3. The average Bonchev–Trinajstić information content (AvgIpc) is 2.41. The summed E-state index contributed by atoms with van der Waals surface area (Å²) in [5, 5.41) is 0.0753. The molecular formula is C13H13ClN2O3. The average molecular weight is 281 g/mol. The highest BCUT2D eigenvalue weighted by Crippen LogP contribution is 2.17. The summed E-state index contributed by atoms with van der Waals surface area (Å²) in [7, 11) is 1.54. The Hall–Kier alpha value is -2.01. The van der Waals surface area contributed by atoms with Crippen LogP contribution >= 0.6 is 11.6 Å². The molecule has 0 saturated carbocycles. The maximum absolute atomic E-state index is 12.0. The molecule has 0 amide bonds. The molecule has 0 unspecified atom stereocenters. The van der Waals surface area contributed by atoms with Crippen LogP contribution in [0, 0.1) is 6.92 Å². The van der Waals surface area contributed by atoms with E-state index in [4.69, 9.17) is 16.3 Å². The first-order valence-corrected chi connectivity index (χ1v) is 6.03. The van der Waals surface area contributed by atoms with Crippen LogP contribution in [0.1, 0.15) is 11.1 Å². The lowest BCUT2D eigenvalue weighted by atomic mass is 10.2. The minimum atomic E-state index is -0.536. The molecule has 1 aromatic carbocycles. The molecule has 0 aliphatic rings. The molecule has 19 heavy (non-hydrogen) atoms. The molecule has 1 N–H and O–H groups in total. The molecule has 2 aromatic rings. The minimum Gasteiger partial charge on any atom is -0.496 e. The Morgan fingerprint density at radius 1 is 1.32 bits per heavy atom. The first-order chi connectivity index (χ1) is 9.04. The van der Waals surface area contributed by atoms with Crippen LogP contribution in [-0.2, 0) is 6.54 Å². The van der Waals surface area contributed by atoms with Crippen molar-refractivity contribution in [2.24, 2.45) is 0 Å². The fraction of sp³-hybridized carbons (Fsp3) is 0.231. The van der Waals surface area contributed by atoms with Crippen LogP contribution in [0.3, 0.4) is 0 Å². The third kappa shape index (κ3) is 2.56. The Balaban J connectivity index is 2.53. The van der Waals surface area contributed by atoms with E-state index in [0.717, 1.165) is 10.1 Å². The van der Waals surface area contributed by atoms with E-state index in [-0.39, 0.29) is 11.7 Å². The van der Waals surface area contributed by atoms with Crippen molar-refractivity contribution in [1.29, 1.82) is 0 Å². The highest BCUT2D eigenvalue weighted by Gasteiger charge is 2.11. The van der Waals surface area contributed by atoms with Gasteiger partial charge < -0.3 is 4.74 Å². The van der Waals surface area contributed by atoms with Crippen LogP contribution in [0.15, 0.2) is 33.9 Å². The summed E-state index contributed by atoms with van der Waals surface area (Å²) in [4.78, 5) is 26.3. The lowest BCUT2D eigenvalue weighted by Crippen LogP contribution is -2.36. The molecule has 0 fully saturated rings. The van der Waals surface area contributed by atoms with Crippen molar-refractivity contribution in [3.63, 3.8) is 0 Å². The number of rotatable bonds is 3. The van der Waals surface area contributed by atoms with Gasteiger partial charge in [-0.1, -0.05) is 29.8 Å². The summed E-state index contributed by atoms with van der Waals surface area (Å²) in [5.41, 5.74) is 0.127. The van der Waals surface area contributed by atoms with E-state index < -0.39 is 11.2 Å². The molecule has 5 nitrogen and oxygen atoms in total.